The van der Waals surface area contributed by atoms with E-state index in [0.717, 1.165) is 22.6 Å². The van der Waals surface area contributed by atoms with Crippen LogP contribution in [0.2, 0.25) is 5.02 Å². The van der Waals surface area contributed by atoms with Crippen molar-refractivity contribution in [3.63, 3.8) is 0 Å². The Bertz CT molecular complexity index is 269. The van der Waals surface area contributed by atoms with Crippen LogP contribution in [0.1, 0.15) is 31.1 Å². The van der Waals surface area contributed by atoms with Crippen LogP contribution < -0.4 is 0 Å². The van der Waals surface area contributed by atoms with Crippen LogP contribution >= 0.6 is 11.6 Å². The van der Waals surface area contributed by atoms with Crippen molar-refractivity contribution in [2.24, 2.45) is 0 Å². The highest BCUT2D eigenvalue weighted by Crippen LogP contribution is 2.21. The third-order valence-corrected chi connectivity index (χ3v) is 2.30. The molecule has 0 aliphatic carbocycles. The number of aliphatic hydroxyl groups excluding tert-OH is 1. The van der Waals surface area contributed by atoms with Gasteiger partial charge in [-0.25, -0.2) is 0 Å². The number of aliphatic hydroxyl groups is 1. The molecule has 0 amide bonds. The maximum atomic E-state index is 9.29. The van der Waals surface area contributed by atoms with Gasteiger partial charge in [0.25, 0.3) is 0 Å². The van der Waals surface area contributed by atoms with Crippen LogP contribution in [0.15, 0.2) is 18.2 Å². The molecule has 1 aromatic carbocycles. The first-order valence-corrected chi connectivity index (χ1v) is 4.49. The molecule has 0 aliphatic heterocycles. The highest BCUT2D eigenvalue weighted by molar-refractivity contribution is 6.31. The number of halogens is 1. The second kappa shape index (κ2) is 3.92. The summed E-state index contributed by atoms with van der Waals surface area (Å²) in [5, 5.41) is 10.1. The van der Waals surface area contributed by atoms with Crippen molar-refractivity contribution in [3.05, 3.63) is 34.3 Å². The second-order valence-electron chi connectivity index (χ2n) is 2.88. The minimum atomic E-state index is -0.410. The van der Waals surface area contributed by atoms with Crippen LogP contribution in [0.3, 0.4) is 0 Å². The molecule has 0 heterocycles. The first-order chi connectivity index (χ1) is 5.65. The molecular weight excluding hydrogens is 172 g/mol. The van der Waals surface area contributed by atoms with Crippen molar-refractivity contribution >= 4 is 11.6 Å². The number of benzene rings is 1. The van der Waals surface area contributed by atoms with Gasteiger partial charge in [-0.3, -0.25) is 0 Å². The van der Waals surface area contributed by atoms with Gasteiger partial charge >= 0.3 is 0 Å². The molecule has 1 unspecified atom stereocenters. The van der Waals surface area contributed by atoms with Crippen LogP contribution in [0.25, 0.3) is 0 Å². The van der Waals surface area contributed by atoms with Crippen molar-refractivity contribution in [3.8, 4) is 0 Å². The van der Waals surface area contributed by atoms with Gasteiger partial charge in [0.2, 0.25) is 0 Å². The van der Waals surface area contributed by atoms with E-state index >= 15 is 0 Å². The normalized spacial score (nSPS) is 13.0. The number of hydrogen-bond acceptors (Lipinski definition) is 1. The van der Waals surface area contributed by atoms with Crippen molar-refractivity contribution in [2.45, 2.75) is 26.4 Å². The van der Waals surface area contributed by atoms with Gasteiger partial charge < -0.3 is 5.11 Å². The lowest BCUT2D eigenvalue weighted by Gasteiger charge is -2.07. The summed E-state index contributed by atoms with van der Waals surface area (Å²) in [5.41, 5.74) is 2.02. The van der Waals surface area contributed by atoms with Gasteiger partial charge in [0.15, 0.2) is 0 Å². The lowest BCUT2D eigenvalue weighted by molar-refractivity contribution is 0.199. The SMILES string of the molecule is CCc1cc(C(C)O)ccc1Cl. The van der Waals surface area contributed by atoms with Gasteiger partial charge in [-0.15, -0.1) is 0 Å². The quantitative estimate of drug-likeness (QED) is 0.750. The molecule has 0 saturated carbocycles. The Morgan fingerprint density at radius 1 is 1.50 bits per heavy atom. The fourth-order valence-corrected chi connectivity index (χ4v) is 1.38. The number of rotatable bonds is 2. The summed E-state index contributed by atoms with van der Waals surface area (Å²) in [7, 11) is 0. The molecule has 0 radical (unpaired) electrons. The van der Waals surface area contributed by atoms with Crippen molar-refractivity contribution < 1.29 is 5.11 Å². The lowest BCUT2D eigenvalue weighted by atomic mass is 10.1. The summed E-state index contributed by atoms with van der Waals surface area (Å²) < 4.78 is 0. The minimum Gasteiger partial charge on any atom is -0.389 e. The van der Waals surface area contributed by atoms with E-state index in [1.807, 2.05) is 25.1 Å². The Balaban J connectivity index is 3.05. The number of aryl methyl sites for hydroxylation is 1. The maximum Gasteiger partial charge on any atom is 0.0762 e. The Morgan fingerprint density at radius 2 is 2.17 bits per heavy atom. The van der Waals surface area contributed by atoms with Gasteiger partial charge in [0.1, 0.15) is 0 Å². The summed E-state index contributed by atoms with van der Waals surface area (Å²) in [5.74, 6) is 0. The molecule has 0 fully saturated rings. The van der Waals surface area contributed by atoms with E-state index in [-0.39, 0.29) is 0 Å². The molecule has 1 nitrogen and oxygen atoms in total. The van der Waals surface area contributed by atoms with Crippen LogP contribution in [-0.2, 0) is 6.42 Å². The average molecular weight is 185 g/mol. The van der Waals surface area contributed by atoms with E-state index in [2.05, 4.69) is 0 Å². The van der Waals surface area contributed by atoms with Gasteiger partial charge in [0.05, 0.1) is 6.10 Å². The van der Waals surface area contributed by atoms with Crippen LogP contribution in [0.5, 0.6) is 0 Å². The lowest BCUT2D eigenvalue weighted by Crippen LogP contribution is -1.92. The summed E-state index contributed by atoms with van der Waals surface area (Å²) in [6, 6.07) is 5.64. The molecule has 0 aliphatic rings. The van der Waals surface area contributed by atoms with E-state index in [9.17, 15) is 5.11 Å². The molecular formula is C10H13ClO. The molecule has 66 valence electrons. The van der Waals surface area contributed by atoms with E-state index in [4.69, 9.17) is 11.6 Å². The molecule has 0 spiro atoms. The topological polar surface area (TPSA) is 20.2 Å². The molecule has 1 aromatic rings. The molecule has 12 heavy (non-hydrogen) atoms. The standard InChI is InChI=1S/C10H13ClO/c1-3-8-6-9(7(2)12)4-5-10(8)11/h4-7,12H,3H2,1-2H3. The predicted octanol–water partition coefficient (Wildman–Crippen LogP) is 2.96. The van der Waals surface area contributed by atoms with Crippen molar-refractivity contribution in [1.82, 2.24) is 0 Å². The smallest absolute Gasteiger partial charge is 0.0762 e. The molecule has 0 bridgehead atoms. The highest BCUT2D eigenvalue weighted by atomic mass is 35.5. The fourth-order valence-electron chi connectivity index (χ4n) is 1.13. The predicted molar refractivity (Wildman–Crippen MR) is 51.5 cm³/mol. The first-order valence-electron chi connectivity index (χ1n) is 4.11. The minimum absolute atomic E-state index is 0.410. The van der Waals surface area contributed by atoms with Crippen LogP contribution in [-0.4, -0.2) is 5.11 Å². The highest BCUT2D eigenvalue weighted by Gasteiger charge is 2.03. The largest absolute Gasteiger partial charge is 0.389 e. The molecule has 0 saturated heterocycles. The molecule has 2 heteroatoms. The van der Waals surface area contributed by atoms with Crippen LogP contribution in [0.4, 0.5) is 0 Å². The third-order valence-electron chi connectivity index (χ3n) is 1.93. The average Bonchev–Trinajstić information content (AvgIpc) is 2.05. The molecule has 0 aromatic heterocycles. The van der Waals surface area contributed by atoms with Gasteiger partial charge in [-0.05, 0) is 30.5 Å². The molecule has 1 atom stereocenters. The van der Waals surface area contributed by atoms with E-state index in [0.29, 0.717) is 0 Å². The van der Waals surface area contributed by atoms with E-state index in [1.165, 1.54) is 0 Å². The summed E-state index contributed by atoms with van der Waals surface area (Å²) in [6.45, 7) is 3.80. The Morgan fingerprint density at radius 3 is 2.67 bits per heavy atom. The monoisotopic (exact) mass is 184 g/mol. The summed E-state index contributed by atoms with van der Waals surface area (Å²) in [6.07, 6.45) is 0.493. The zero-order valence-corrected chi connectivity index (χ0v) is 8.10. The Kier molecular flexibility index (Phi) is 3.12. The first kappa shape index (κ1) is 9.56. The third kappa shape index (κ3) is 1.99. The molecule has 1 rings (SSSR count). The summed E-state index contributed by atoms with van der Waals surface area (Å²) in [4.78, 5) is 0. The summed E-state index contributed by atoms with van der Waals surface area (Å²) >= 11 is 5.92. The Hall–Kier alpha value is -0.530. The van der Waals surface area contributed by atoms with Gasteiger partial charge in [0, 0.05) is 5.02 Å². The Labute approximate surface area is 78.0 Å². The second-order valence-corrected chi connectivity index (χ2v) is 3.29. The van der Waals surface area contributed by atoms with Gasteiger partial charge in [-0.1, -0.05) is 30.7 Å². The van der Waals surface area contributed by atoms with Crippen molar-refractivity contribution in [2.75, 3.05) is 0 Å². The fraction of sp³-hybridized carbons (Fsp3) is 0.400. The molecule has 1 N–H and O–H groups in total. The van der Waals surface area contributed by atoms with Crippen LogP contribution in [0, 0.1) is 0 Å². The maximum absolute atomic E-state index is 9.29. The number of hydrogen-bond donors (Lipinski definition) is 1. The zero-order valence-electron chi connectivity index (χ0n) is 7.34. The van der Waals surface area contributed by atoms with Crippen molar-refractivity contribution in [1.29, 1.82) is 0 Å². The zero-order chi connectivity index (χ0) is 9.14. The van der Waals surface area contributed by atoms with E-state index < -0.39 is 6.10 Å². The van der Waals surface area contributed by atoms with Gasteiger partial charge in [-0.2, -0.15) is 0 Å². The van der Waals surface area contributed by atoms with E-state index in [1.54, 1.807) is 6.92 Å².